The molecule has 0 atom stereocenters. The van der Waals surface area contributed by atoms with Gasteiger partial charge in [0.25, 0.3) is 0 Å². The molecule has 0 N–H and O–H groups in total. The van der Waals surface area contributed by atoms with E-state index in [0.717, 1.165) is 0 Å². The van der Waals surface area contributed by atoms with Gasteiger partial charge in [0.15, 0.2) is 11.6 Å². The van der Waals surface area contributed by atoms with E-state index in [1.54, 1.807) is 41.5 Å². The molecule has 0 aliphatic rings. The summed E-state index contributed by atoms with van der Waals surface area (Å²) >= 11 is 1.64. The molecule has 0 unspecified atom stereocenters. The minimum absolute atomic E-state index is 0.0147. The number of halogens is 1. The molecule has 0 aliphatic carbocycles. The van der Waals surface area contributed by atoms with Crippen LogP contribution in [-0.4, -0.2) is 24.5 Å². The fourth-order valence-electron chi connectivity index (χ4n) is 1.87. The molecular formula is C16H18FNO2S. The van der Waals surface area contributed by atoms with Gasteiger partial charge in [-0.15, -0.1) is 11.3 Å². The van der Waals surface area contributed by atoms with Gasteiger partial charge < -0.3 is 9.64 Å². The Morgan fingerprint density at radius 3 is 2.76 bits per heavy atom. The molecule has 1 heterocycles. The van der Waals surface area contributed by atoms with Crippen molar-refractivity contribution < 1.29 is 13.9 Å². The molecule has 3 nitrogen and oxygen atoms in total. The molecule has 0 bridgehead atoms. The van der Waals surface area contributed by atoms with Gasteiger partial charge in [-0.1, -0.05) is 12.1 Å². The first-order valence-corrected chi connectivity index (χ1v) is 7.60. The molecule has 2 rings (SSSR count). The Hall–Kier alpha value is -1.88. The summed E-state index contributed by atoms with van der Waals surface area (Å²) in [5, 5.41) is 2.02. The van der Waals surface area contributed by atoms with Crippen LogP contribution in [0.15, 0.2) is 35.7 Å². The highest BCUT2D eigenvalue weighted by molar-refractivity contribution is 7.10. The first-order valence-electron chi connectivity index (χ1n) is 6.72. The molecule has 2 aromatic rings. The van der Waals surface area contributed by atoms with E-state index in [0.29, 0.717) is 6.54 Å². The summed E-state index contributed by atoms with van der Waals surface area (Å²) in [6.07, 6.45) is 0.231. The fraction of sp³-hybridized carbons (Fsp3) is 0.312. The van der Waals surface area contributed by atoms with Crippen molar-refractivity contribution in [2.24, 2.45) is 0 Å². The molecule has 0 aliphatic heterocycles. The number of ether oxygens (including phenoxy) is 1. The van der Waals surface area contributed by atoms with E-state index in [1.807, 2.05) is 18.4 Å². The van der Waals surface area contributed by atoms with Crippen LogP contribution in [0.1, 0.15) is 16.9 Å². The molecule has 0 radical (unpaired) electrons. The van der Waals surface area contributed by atoms with E-state index in [9.17, 15) is 9.18 Å². The third-order valence-electron chi connectivity index (χ3n) is 3.18. The second kappa shape index (κ2) is 7.22. The lowest BCUT2D eigenvalue weighted by atomic mass is 10.2. The van der Waals surface area contributed by atoms with Gasteiger partial charge in [0.1, 0.15) is 0 Å². The van der Waals surface area contributed by atoms with Crippen molar-refractivity contribution in [3.63, 3.8) is 0 Å². The Morgan fingerprint density at radius 1 is 1.33 bits per heavy atom. The number of thiophene rings is 1. The summed E-state index contributed by atoms with van der Waals surface area (Å²) in [5.41, 5.74) is 1.20. The zero-order valence-electron chi connectivity index (χ0n) is 12.1. The molecular weight excluding hydrogens is 289 g/mol. The van der Waals surface area contributed by atoms with Crippen molar-refractivity contribution in [3.05, 3.63) is 52.0 Å². The van der Waals surface area contributed by atoms with Crippen LogP contribution in [-0.2, 0) is 11.3 Å². The van der Waals surface area contributed by atoms with Crippen LogP contribution in [0.4, 0.5) is 4.39 Å². The highest BCUT2D eigenvalue weighted by Crippen LogP contribution is 2.18. The number of rotatable bonds is 6. The van der Waals surface area contributed by atoms with Gasteiger partial charge in [0, 0.05) is 11.9 Å². The van der Waals surface area contributed by atoms with E-state index in [4.69, 9.17) is 4.74 Å². The van der Waals surface area contributed by atoms with Crippen molar-refractivity contribution in [1.82, 2.24) is 4.90 Å². The fourth-order valence-corrected chi connectivity index (χ4v) is 2.83. The molecule has 5 heteroatoms. The predicted octanol–water partition coefficient (Wildman–Crippen LogP) is 3.62. The van der Waals surface area contributed by atoms with E-state index in [2.05, 4.69) is 0 Å². The Kier molecular flexibility index (Phi) is 5.33. The molecule has 0 saturated carbocycles. The zero-order chi connectivity index (χ0) is 15.2. The molecule has 112 valence electrons. The third kappa shape index (κ3) is 4.29. The van der Waals surface area contributed by atoms with Crippen LogP contribution in [0.3, 0.4) is 0 Å². The summed E-state index contributed by atoms with van der Waals surface area (Å²) in [4.78, 5) is 14.9. The maximum atomic E-state index is 13.4. The number of hydrogen-bond acceptors (Lipinski definition) is 3. The smallest absolute Gasteiger partial charge is 0.226 e. The lowest BCUT2D eigenvalue weighted by molar-refractivity contribution is -0.130. The van der Waals surface area contributed by atoms with E-state index in [-0.39, 0.29) is 24.7 Å². The molecule has 1 amide bonds. The molecule has 0 fully saturated rings. The lowest BCUT2D eigenvalue weighted by Gasteiger charge is -2.17. The summed E-state index contributed by atoms with van der Waals surface area (Å²) in [7, 11) is 1.77. The van der Waals surface area contributed by atoms with E-state index in [1.165, 1.54) is 16.5 Å². The third-order valence-corrected chi connectivity index (χ3v) is 4.19. The predicted molar refractivity (Wildman–Crippen MR) is 82.0 cm³/mol. The van der Waals surface area contributed by atoms with Crippen LogP contribution < -0.4 is 4.74 Å². The van der Waals surface area contributed by atoms with Gasteiger partial charge in [0.05, 0.1) is 19.6 Å². The van der Waals surface area contributed by atoms with Crippen LogP contribution in [0.2, 0.25) is 0 Å². The number of carbonyl (C=O) groups excluding carboxylic acids is 1. The normalized spacial score (nSPS) is 10.4. The molecule has 1 aromatic carbocycles. The zero-order valence-corrected chi connectivity index (χ0v) is 13.0. The van der Waals surface area contributed by atoms with Crippen molar-refractivity contribution in [3.8, 4) is 5.75 Å². The summed E-state index contributed by atoms with van der Waals surface area (Å²) in [6.45, 7) is 2.81. The Balaban J connectivity index is 1.79. The van der Waals surface area contributed by atoms with E-state index >= 15 is 0 Å². The summed E-state index contributed by atoms with van der Waals surface area (Å²) < 4.78 is 18.6. The van der Waals surface area contributed by atoms with Crippen LogP contribution in [0.5, 0.6) is 5.75 Å². The van der Waals surface area contributed by atoms with Crippen molar-refractivity contribution in [2.75, 3.05) is 13.7 Å². The minimum Gasteiger partial charge on any atom is -0.490 e. The maximum Gasteiger partial charge on any atom is 0.226 e. The highest BCUT2D eigenvalue weighted by Gasteiger charge is 2.12. The largest absolute Gasteiger partial charge is 0.490 e. The van der Waals surface area contributed by atoms with Gasteiger partial charge in [-0.3, -0.25) is 4.79 Å². The Morgan fingerprint density at radius 2 is 2.10 bits per heavy atom. The average molecular weight is 307 g/mol. The maximum absolute atomic E-state index is 13.4. The van der Waals surface area contributed by atoms with Crippen molar-refractivity contribution in [1.29, 1.82) is 0 Å². The number of nitrogens with zero attached hydrogens (tertiary/aromatic N) is 1. The average Bonchev–Trinajstić information content (AvgIpc) is 2.86. The second-order valence-electron chi connectivity index (χ2n) is 4.81. The number of benzene rings is 1. The quantitative estimate of drug-likeness (QED) is 0.815. The first-order chi connectivity index (χ1) is 10.1. The van der Waals surface area contributed by atoms with Gasteiger partial charge in [-0.05, 0) is 36.1 Å². The van der Waals surface area contributed by atoms with E-state index < -0.39 is 5.82 Å². The second-order valence-corrected chi connectivity index (χ2v) is 5.81. The number of para-hydroxylation sites is 1. The summed E-state index contributed by atoms with van der Waals surface area (Å²) in [6, 6.07) is 8.23. The van der Waals surface area contributed by atoms with Crippen molar-refractivity contribution >= 4 is 17.2 Å². The van der Waals surface area contributed by atoms with Crippen molar-refractivity contribution in [2.45, 2.75) is 19.9 Å². The number of amides is 1. The van der Waals surface area contributed by atoms with Gasteiger partial charge in [0.2, 0.25) is 5.91 Å². The highest BCUT2D eigenvalue weighted by atomic mass is 32.1. The SMILES string of the molecule is Cc1ccsc1CN(C)C(=O)CCOc1ccccc1F. The standard InChI is InChI=1S/C16H18FNO2S/c1-12-8-10-21-15(12)11-18(2)16(19)7-9-20-14-6-4-3-5-13(14)17/h3-6,8,10H,7,9,11H2,1-2H3. The topological polar surface area (TPSA) is 29.5 Å². The Labute approximate surface area is 128 Å². The van der Waals surface area contributed by atoms with Crippen LogP contribution in [0.25, 0.3) is 0 Å². The molecule has 0 saturated heterocycles. The number of hydrogen-bond donors (Lipinski definition) is 0. The van der Waals surface area contributed by atoms with Crippen LogP contribution in [0, 0.1) is 12.7 Å². The molecule has 1 aromatic heterocycles. The Bertz CT molecular complexity index is 612. The minimum atomic E-state index is -0.410. The monoisotopic (exact) mass is 307 g/mol. The van der Waals surface area contributed by atoms with Gasteiger partial charge in [-0.25, -0.2) is 4.39 Å². The first kappa shape index (κ1) is 15.5. The lowest BCUT2D eigenvalue weighted by Crippen LogP contribution is -2.27. The van der Waals surface area contributed by atoms with Gasteiger partial charge in [-0.2, -0.15) is 0 Å². The summed E-state index contributed by atoms with van der Waals surface area (Å²) in [5.74, 6) is -0.242. The molecule has 0 spiro atoms. The number of carbonyl (C=O) groups is 1. The molecule has 21 heavy (non-hydrogen) atoms. The number of aryl methyl sites for hydroxylation is 1. The van der Waals surface area contributed by atoms with Crippen LogP contribution >= 0.6 is 11.3 Å². The van der Waals surface area contributed by atoms with Gasteiger partial charge >= 0.3 is 0 Å².